The Morgan fingerprint density at radius 2 is 2.00 bits per heavy atom. The molecule has 2 aromatic heterocycles. The van der Waals surface area contributed by atoms with Gasteiger partial charge in [-0.05, 0) is 25.8 Å². The van der Waals surface area contributed by atoms with Crippen LogP contribution >= 0.6 is 0 Å². The summed E-state index contributed by atoms with van der Waals surface area (Å²) in [4.78, 5) is 4.31. The second-order valence-electron chi connectivity index (χ2n) is 4.84. The molecule has 0 fully saturated rings. The molecule has 0 aliphatic rings. The lowest BCUT2D eigenvalue weighted by molar-refractivity contribution is 0.455. The minimum absolute atomic E-state index is 0.566. The number of aromatic nitrogens is 5. The Hall–Kier alpha value is -1.65. The van der Waals surface area contributed by atoms with Crippen LogP contribution in [0.5, 0.6) is 0 Å². The molecule has 92 valence electrons. The van der Waals surface area contributed by atoms with E-state index in [2.05, 4.69) is 42.0 Å². The molecule has 0 aliphatic heterocycles. The Bertz CT molecular complexity index is 495. The first-order chi connectivity index (χ1) is 8.06. The van der Waals surface area contributed by atoms with Crippen LogP contribution in [-0.2, 0) is 13.1 Å². The van der Waals surface area contributed by atoms with Crippen molar-refractivity contribution >= 4 is 0 Å². The monoisotopic (exact) mass is 233 g/mol. The average molecular weight is 233 g/mol. The lowest BCUT2D eigenvalue weighted by Crippen LogP contribution is -2.14. The normalized spacial score (nSPS) is 11.4. The van der Waals surface area contributed by atoms with Crippen LogP contribution in [-0.4, -0.2) is 24.5 Å². The zero-order valence-corrected chi connectivity index (χ0v) is 10.9. The van der Waals surface area contributed by atoms with Gasteiger partial charge in [0.05, 0.1) is 5.69 Å². The molecule has 0 saturated carbocycles. The second-order valence-corrected chi connectivity index (χ2v) is 4.84. The van der Waals surface area contributed by atoms with Gasteiger partial charge in [0.15, 0.2) is 0 Å². The van der Waals surface area contributed by atoms with Crippen LogP contribution in [0.3, 0.4) is 0 Å². The summed E-state index contributed by atoms with van der Waals surface area (Å²) in [5.74, 6) is 1.53. The van der Waals surface area contributed by atoms with Crippen molar-refractivity contribution in [2.24, 2.45) is 5.92 Å². The summed E-state index contributed by atoms with van der Waals surface area (Å²) in [6, 6.07) is 2.07. The summed E-state index contributed by atoms with van der Waals surface area (Å²) < 4.78 is 3.93. The number of aryl methyl sites for hydroxylation is 2. The maximum Gasteiger partial charge on any atom is 0.148 e. The van der Waals surface area contributed by atoms with Gasteiger partial charge in [0.25, 0.3) is 0 Å². The zero-order chi connectivity index (χ0) is 12.4. The highest BCUT2D eigenvalue weighted by Gasteiger charge is 2.09. The number of hydrogen-bond acceptors (Lipinski definition) is 3. The summed E-state index contributed by atoms with van der Waals surface area (Å²) in [5, 5.41) is 8.69. The molecule has 0 atom stereocenters. The first kappa shape index (κ1) is 11.8. The molecule has 2 rings (SSSR count). The molecule has 2 aromatic rings. The van der Waals surface area contributed by atoms with Crippen molar-refractivity contribution in [2.45, 2.75) is 40.8 Å². The fourth-order valence-corrected chi connectivity index (χ4v) is 1.88. The Morgan fingerprint density at radius 3 is 2.59 bits per heavy atom. The van der Waals surface area contributed by atoms with Crippen LogP contribution in [0.1, 0.15) is 31.1 Å². The third kappa shape index (κ3) is 2.72. The van der Waals surface area contributed by atoms with E-state index in [1.807, 2.05) is 16.3 Å². The minimum Gasteiger partial charge on any atom is -0.262 e. The van der Waals surface area contributed by atoms with Crippen LogP contribution in [0, 0.1) is 19.8 Å². The Balaban J connectivity index is 2.18. The fourth-order valence-electron chi connectivity index (χ4n) is 1.88. The van der Waals surface area contributed by atoms with Crippen molar-refractivity contribution < 1.29 is 0 Å². The topological polar surface area (TPSA) is 48.5 Å². The second kappa shape index (κ2) is 4.69. The molecule has 0 amide bonds. The molecule has 0 radical (unpaired) electrons. The van der Waals surface area contributed by atoms with E-state index in [9.17, 15) is 0 Å². The van der Waals surface area contributed by atoms with Gasteiger partial charge in [0, 0.05) is 12.2 Å². The molecule has 5 nitrogen and oxygen atoms in total. The van der Waals surface area contributed by atoms with Crippen molar-refractivity contribution in [3.8, 4) is 0 Å². The lowest BCUT2D eigenvalue weighted by Gasteiger charge is -2.09. The van der Waals surface area contributed by atoms with Crippen LogP contribution in [0.25, 0.3) is 0 Å². The molecule has 0 saturated heterocycles. The van der Waals surface area contributed by atoms with Gasteiger partial charge in [-0.3, -0.25) is 4.68 Å². The average Bonchev–Trinajstić information content (AvgIpc) is 2.75. The first-order valence-corrected chi connectivity index (χ1v) is 5.94. The minimum atomic E-state index is 0.566. The smallest absolute Gasteiger partial charge is 0.148 e. The van der Waals surface area contributed by atoms with Crippen LogP contribution < -0.4 is 0 Å². The van der Waals surface area contributed by atoms with E-state index in [1.54, 1.807) is 6.33 Å². The summed E-state index contributed by atoms with van der Waals surface area (Å²) in [6.45, 7) is 10.00. The molecule has 0 spiro atoms. The molecule has 2 heterocycles. The third-order valence-electron chi connectivity index (χ3n) is 2.63. The van der Waals surface area contributed by atoms with E-state index in [0.29, 0.717) is 12.5 Å². The van der Waals surface area contributed by atoms with Gasteiger partial charge in [0.1, 0.15) is 18.7 Å². The van der Waals surface area contributed by atoms with Crippen molar-refractivity contribution in [1.82, 2.24) is 24.5 Å². The Morgan fingerprint density at radius 1 is 1.24 bits per heavy atom. The van der Waals surface area contributed by atoms with Crippen molar-refractivity contribution in [3.05, 3.63) is 29.6 Å². The molecular formula is C12H19N5. The van der Waals surface area contributed by atoms with E-state index in [-0.39, 0.29) is 0 Å². The summed E-state index contributed by atoms with van der Waals surface area (Å²) in [7, 11) is 0. The Kier molecular flexibility index (Phi) is 3.26. The van der Waals surface area contributed by atoms with E-state index < -0.39 is 0 Å². The highest BCUT2D eigenvalue weighted by atomic mass is 15.4. The lowest BCUT2D eigenvalue weighted by atomic mass is 10.2. The molecular weight excluding hydrogens is 214 g/mol. The van der Waals surface area contributed by atoms with Crippen molar-refractivity contribution in [2.75, 3.05) is 0 Å². The van der Waals surface area contributed by atoms with E-state index >= 15 is 0 Å². The summed E-state index contributed by atoms with van der Waals surface area (Å²) in [6.07, 6.45) is 1.61. The number of hydrogen-bond donors (Lipinski definition) is 0. The standard InChI is InChI=1S/C12H19N5/c1-9(2)6-17-12(13-8-14-17)7-16-11(4)5-10(3)15-16/h5,8-9H,6-7H2,1-4H3. The predicted octanol–water partition coefficient (Wildman–Crippen LogP) is 1.80. The number of rotatable bonds is 4. The van der Waals surface area contributed by atoms with Gasteiger partial charge in [0.2, 0.25) is 0 Å². The van der Waals surface area contributed by atoms with Crippen LogP contribution in [0.2, 0.25) is 0 Å². The van der Waals surface area contributed by atoms with Gasteiger partial charge >= 0.3 is 0 Å². The maximum absolute atomic E-state index is 4.44. The largest absolute Gasteiger partial charge is 0.262 e. The zero-order valence-electron chi connectivity index (χ0n) is 10.9. The van der Waals surface area contributed by atoms with E-state index in [0.717, 1.165) is 23.8 Å². The van der Waals surface area contributed by atoms with Gasteiger partial charge in [-0.2, -0.15) is 10.2 Å². The molecule has 0 bridgehead atoms. The predicted molar refractivity (Wildman–Crippen MR) is 65.7 cm³/mol. The SMILES string of the molecule is Cc1cc(C)n(Cc2ncnn2CC(C)C)n1. The maximum atomic E-state index is 4.44. The van der Waals surface area contributed by atoms with Crippen molar-refractivity contribution in [3.63, 3.8) is 0 Å². The van der Waals surface area contributed by atoms with Gasteiger partial charge in [-0.1, -0.05) is 13.8 Å². The molecule has 0 aliphatic carbocycles. The molecule has 0 unspecified atom stereocenters. The summed E-state index contributed by atoms with van der Waals surface area (Å²) in [5.41, 5.74) is 2.19. The molecule has 0 aromatic carbocycles. The van der Waals surface area contributed by atoms with Crippen LogP contribution in [0.4, 0.5) is 0 Å². The fraction of sp³-hybridized carbons (Fsp3) is 0.583. The van der Waals surface area contributed by atoms with Gasteiger partial charge < -0.3 is 0 Å². The molecule has 17 heavy (non-hydrogen) atoms. The number of nitrogens with zero attached hydrogens (tertiary/aromatic N) is 5. The highest BCUT2D eigenvalue weighted by molar-refractivity contribution is 5.07. The van der Waals surface area contributed by atoms with Gasteiger partial charge in [-0.25, -0.2) is 9.67 Å². The third-order valence-corrected chi connectivity index (χ3v) is 2.63. The first-order valence-electron chi connectivity index (χ1n) is 5.94. The van der Waals surface area contributed by atoms with E-state index in [1.165, 1.54) is 0 Å². The molecule has 0 N–H and O–H groups in total. The summed E-state index contributed by atoms with van der Waals surface area (Å²) >= 11 is 0. The van der Waals surface area contributed by atoms with Gasteiger partial charge in [-0.15, -0.1) is 0 Å². The van der Waals surface area contributed by atoms with E-state index in [4.69, 9.17) is 0 Å². The quantitative estimate of drug-likeness (QED) is 0.809. The molecule has 5 heteroatoms. The van der Waals surface area contributed by atoms with Crippen LogP contribution in [0.15, 0.2) is 12.4 Å². The highest BCUT2D eigenvalue weighted by Crippen LogP contribution is 2.06. The Labute approximate surface area is 101 Å². The van der Waals surface area contributed by atoms with Crippen molar-refractivity contribution in [1.29, 1.82) is 0 Å².